The van der Waals surface area contributed by atoms with Gasteiger partial charge in [-0.15, -0.1) is 0 Å². The number of Topliss-reactive ketones (excluding diaryl/α,β-unsaturated/α-hetero) is 1. The predicted octanol–water partition coefficient (Wildman–Crippen LogP) is 1.97. The fourth-order valence-corrected chi connectivity index (χ4v) is 2.32. The smallest absolute Gasteiger partial charge is 0.319 e. The Kier molecular flexibility index (Phi) is 5.68. The second kappa shape index (κ2) is 7.72. The van der Waals surface area contributed by atoms with Crippen LogP contribution < -0.4 is 14.8 Å². The number of ether oxygens (including phenoxy) is 2. The molecule has 0 saturated heterocycles. The van der Waals surface area contributed by atoms with Gasteiger partial charge in [-0.3, -0.25) is 9.59 Å². The van der Waals surface area contributed by atoms with E-state index in [1.807, 2.05) is 13.8 Å². The summed E-state index contributed by atoms with van der Waals surface area (Å²) in [6.07, 6.45) is 3.60. The number of anilines is 1. The van der Waals surface area contributed by atoms with Gasteiger partial charge < -0.3 is 14.8 Å². The Hall–Kier alpha value is -2.18. The third-order valence-corrected chi connectivity index (χ3v) is 3.46. The molecule has 0 atom stereocenters. The quantitative estimate of drug-likeness (QED) is 0.864. The summed E-state index contributed by atoms with van der Waals surface area (Å²) in [6, 6.07) is 0.215. The van der Waals surface area contributed by atoms with Gasteiger partial charge in [0.25, 0.3) is 0 Å². The first-order valence-electron chi connectivity index (χ1n) is 7.59. The summed E-state index contributed by atoms with van der Waals surface area (Å²) in [5.74, 6) is 0.240. The topological polar surface area (TPSA) is 90.4 Å². The zero-order valence-electron chi connectivity index (χ0n) is 12.9. The molecule has 1 aromatic heterocycles. The van der Waals surface area contributed by atoms with Crippen molar-refractivity contribution < 1.29 is 19.1 Å². The Morgan fingerprint density at radius 3 is 2.59 bits per heavy atom. The third-order valence-electron chi connectivity index (χ3n) is 3.46. The average Bonchev–Trinajstić information content (AvgIpc) is 2.51. The molecule has 120 valence electrons. The van der Waals surface area contributed by atoms with E-state index in [0.29, 0.717) is 50.5 Å². The summed E-state index contributed by atoms with van der Waals surface area (Å²) in [7, 11) is 0. The monoisotopic (exact) mass is 307 g/mol. The maximum atomic E-state index is 12.3. The molecule has 7 heteroatoms. The van der Waals surface area contributed by atoms with Gasteiger partial charge in [0, 0.05) is 18.8 Å². The van der Waals surface area contributed by atoms with Crippen molar-refractivity contribution in [1.82, 2.24) is 9.97 Å². The first kappa shape index (κ1) is 16.2. The zero-order valence-corrected chi connectivity index (χ0v) is 12.9. The van der Waals surface area contributed by atoms with E-state index >= 15 is 0 Å². The molecule has 1 saturated carbocycles. The molecule has 7 nitrogen and oxygen atoms in total. The van der Waals surface area contributed by atoms with E-state index in [0.717, 1.165) is 0 Å². The minimum Gasteiger partial charge on any atom is -0.476 e. The number of aromatic nitrogens is 2. The van der Waals surface area contributed by atoms with Crippen LogP contribution in [-0.4, -0.2) is 34.9 Å². The molecule has 1 aliphatic carbocycles. The Labute approximate surface area is 129 Å². The third kappa shape index (κ3) is 4.16. The Balaban J connectivity index is 2.07. The Morgan fingerprint density at radius 2 is 1.95 bits per heavy atom. The molecule has 22 heavy (non-hydrogen) atoms. The summed E-state index contributed by atoms with van der Waals surface area (Å²) in [6.45, 7) is 4.54. The summed E-state index contributed by atoms with van der Waals surface area (Å²) >= 11 is 0. The van der Waals surface area contributed by atoms with E-state index in [1.165, 1.54) is 6.20 Å². The maximum Gasteiger partial charge on any atom is 0.319 e. The van der Waals surface area contributed by atoms with Crippen LogP contribution in [0.25, 0.3) is 0 Å². The van der Waals surface area contributed by atoms with Crippen LogP contribution in [-0.2, 0) is 9.59 Å². The van der Waals surface area contributed by atoms with Crippen LogP contribution in [0.1, 0.15) is 39.5 Å². The van der Waals surface area contributed by atoms with Crippen LogP contribution in [0.3, 0.4) is 0 Å². The van der Waals surface area contributed by atoms with Crippen molar-refractivity contribution in [3.63, 3.8) is 0 Å². The minimum absolute atomic E-state index is 0.124. The minimum atomic E-state index is -0.154. The normalized spacial score (nSPS) is 15.5. The number of carbonyl (C=O) groups is 2. The molecule has 0 aromatic carbocycles. The van der Waals surface area contributed by atoms with E-state index in [-0.39, 0.29) is 23.6 Å². The van der Waals surface area contributed by atoms with Gasteiger partial charge >= 0.3 is 6.01 Å². The van der Waals surface area contributed by atoms with E-state index in [9.17, 15) is 9.59 Å². The Morgan fingerprint density at radius 1 is 1.27 bits per heavy atom. The van der Waals surface area contributed by atoms with Crippen LogP contribution >= 0.6 is 0 Å². The molecule has 2 rings (SSSR count). The standard InChI is InChI=1S/C15H21N3O4/c1-3-21-14-12(9-16-15(18-14)22-4-2)17-13(20)10-5-7-11(19)8-6-10/h9-10H,3-8H2,1-2H3,(H,17,20). The number of rotatable bonds is 6. The van der Waals surface area contributed by atoms with Crippen LogP contribution in [0, 0.1) is 5.92 Å². The lowest BCUT2D eigenvalue weighted by atomic mass is 9.88. The number of ketones is 1. The second-order valence-electron chi connectivity index (χ2n) is 5.04. The molecular formula is C15H21N3O4. The molecule has 1 aliphatic rings. The molecule has 0 bridgehead atoms. The van der Waals surface area contributed by atoms with Crippen molar-refractivity contribution in [3.8, 4) is 11.9 Å². The summed E-state index contributed by atoms with van der Waals surface area (Å²) in [4.78, 5) is 31.7. The highest BCUT2D eigenvalue weighted by Crippen LogP contribution is 2.27. The summed E-state index contributed by atoms with van der Waals surface area (Å²) in [5.41, 5.74) is 0.423. The van der Waals surface area contributed by atoms with E-state index in [4.69, 9.17) is 9.47 Å². The maximum absolute atomic E-state index is 12.3. The van der Waals surface area contributed by atoms with Crippen molar-refractivity contribution in [2.24, 2.45) is 5.92 Å². The van der Waals surface area contributed by atoms with Gasteiger partial charge in [-0.1, -0.05) is 0 Å². The van der Waals surface area contributed by atoms with Gasteiger partial charge in [0.15, 0.2) is 0 Å². The SMILES string of the molecule is CCOc1ncc(NC(=O)C2CCC(=O)CC2)c(OCC)n1. The van der Waals surface area contributed by atoms with E-state index in [2.05, 4.69) is 15.3 Å². The molecule has 0 unspecified atom stereocenters. The van der Waals surface area contributed by atoms with Crippen LogP contribution in [0.4, 0.5) is 5.69 Å². The van der Waals surface area contributed by atoms with Gasteiger partial charge in [0.2, 0.25) is 11.8 Å². The van der Waals surface area contributed by atoms with Crippen LogP contribution in [0.2, 0.25) is 0 Å². The number of hydrogen-bond acceptors (Lipinski definition) is 6. The highest BCUT2D eigenvalue weighted by atomic mass is 16.5. The lowest BCUT2D eigenvalue weighted by Crippen LogP contribution is -2.27. The lowest BCUT2D eigenvalue weighted by molar-refractivity contribution is -0.125. The predicted molar refractivity (Wildman–Crippen MR) is 80.0 cm³/mol. The van der Waals surface area contributed by atoms with E-state index in [1.54, 1.807) is 0 Å². The molecule has 1 amide bonds. The molecule has 1 heterocycles. The van der Waals surface area contributed by atoms with Crippen LogP contribution in [0.15, 0.2) is 6.20 Å². The summed E-state index contributed by atoms with van der Waals surface area (Å²) < 4.78 is 10.7. The molecule has 0 spiro atoms. The number of nitrogens with one attached hydrogen (secondary N) is 1. The molecular weight excluding hydrogens is 286 g/mol. The van der Waals surface area contributed by atoms with Crippen LogP contribution in [0.5, 0.6) is 11.9 Å². The zero-order chi connectivity index (χ0) is 15.9. The van der Waals surface area contributed by atoms with Gasteiger partial charge in [0.05, 0.1) is 19.4 Å². The summed E-state index contributed by atoms with van der Waals surface area (Å²) in [5, 5.41) is 2.79. The second-order valence-corrected chi connectivity index (χ2v) is 5.04. The number of amides is 1. The van der Waals surface area contributed by atoms with Gasteiger partial charge in [-0.2, -0.15) is 4.98 Å². The van der Waals surface area contributed by atoms with Crippen molar-refractivity contribution in [1.29, 1.82) is 0 Å². The van der Waals surface area contributed by atoms with E-state index < -0.39 is 0 Å². The first-order valence-corrected chi connectivity index (χ1v) is 7.59. The lowest BCUT2D eigenvalue weighted by Gasteiger charge is -2.20. The van der Waals surface area contributed by atoms with Crippen molar-refractivity contribution in [3.05, 3.63) is 6.20 Å². The molecule has 0 radical (unpaired) electrons. The highest BCUT2D eigenvalue weighted by molar-refractivity contribution is 5.94. The molecule has 0 aliphatic heterocycles. The highest BCUT2D eigenvalue weighted by Gasteiger charge is 2.25. The first-order chi connectivity index (χ1) is 10.6. The molecule has 1 N–H and O–H groups in total. The Bertz CT molecular complexity index is 538. The van der Waals surface area contributed by atoms with Crippen molar-refractivity contribution in [2.75, 3.05) is 18.5 Å². The average molecular weight is 307 g/mol. The molecule has 1 fully saturated rings. The van der Waals surface area contributed by atoms with Crippen molar-refractivity contribution >= 4 is 17.4 Å². The largest absolute Gasteiger partial charge is 0.476 e. The fourth-order valence-electron chi connectivity index (χ4n) is 2.32. The van der Waals surface area contributed by atoms with Gasteiger partial charge in [-0.05, 0) is 26.7 Å². The number of hydrogen-bond donors (Lipinski definition) is 1. The van der Waals surface area contributed by atoms with Gasteiger partial charge in [-0.25, -0.2) is 4.98 Å². The number of nitrogens with zero attached hydrogens (tertiary/aromatic N) is 2. The van der Waals surface area contributed by atoms with Gasteiger partial charge in [0.1, 0.15) is 11.5 Å². The fraction of sp³-hybridized carbons (Fsp3) is 0.600. The van der Waals surface area contributed by atoms with Crippen molar-refractivity contribution in [2.45, 2.75) is 39.5 Å². The molecule has 1 aromatic rings. The number of carbonyl (C=O) groups excluding carboxylic acids is 2.